The fourth-order valence-electron chi connectivity index (χ4n) is 3.33. The number of hydrogen-bond donors (Lipinski definition) is 1. The third-order valence-electron chi connectivity index (χ3n) is 4.87. The van der Waals surface area contributed by atoms with Gasteiger partial charge in [-0.3, -0.25) is 9.69 Å². The number of nitrogens with zero attached hydrogens (tertiary/aromatic N) is 3. The van der Waals surface area contributed by atoms with Crippen LogP contribution in [0.25, 0.3) is 10.9 Å². The summed E-state index contributed by atoms with van der Waals surface area (Å²) in [5.41, 5.74) is 0.339. The largest absolute Gasteiger partial charge is 0.309 e. The smallest absolute Gasteiger partial charge is 0.258 e. The van der Waals surface area contributed by atoms with Crippen LogP contribution in [0.2, 0.25) is 5.02 Å². The Hall–Kier alpha value is -1.78. The lowest BCUT2D eigenvalue weighted by molar-refractivity contribution is 0.178. The molecule has 0 unspecified atom stereocenters. The lowest BCUT2D eigenvalue weighted by Gasteiger charge is -2.33. The highest BCUT2D eigenvalue weighted by atomic mass is 79.9. The Balaban J connectivity index is 1.46. The van der Waals surface area contributed by atoms with Gasteiger partial charge < -0.3 is 4.98 Å². The number of hydrogen-bond acceptors (Lipinski definition) is 5. The molecule has 3 aromatic rings. The molecule has 0 amide bonds. The number of sulfonamides is 1. The van der Waals surface area contributed by atoms with Gasteiger partial charge in [-0.25, -0.2) is 13.4 Å². The van der Waals surface area contributed by atoms with Crippen LogP contribution in [0.5, 0.6) is 0 Å². The standard InChI is InChI=1S/C19H18BrClN4O3S/c20-13-1-4-15(5-2-13)29(27,28)25-9-7-24(8-10-25)12-18-22-17-11-14(21)3-6-16(17)19(26)23-18/h1-6,11H,7-10,12H2,(H,22,23,26). The van der Waals surface area contributed by atoms with Crippen LogP contribution in [-0.4, -0.2) is 53.8 Å². The van der Waals surface area contributed by atoms with Crippen molar-refractivity contribution in [1.29, 1.82) is 0 Å². The molecule has 10 heteroatoms. The molecule has 0 aliphatic carbocycles. The Morgan fingerprint density at radius 2 is 1.76 bits per heavy atom. The number of piperazine rings is 1. The zero-order valence-electron chi connectivity index (χ0n) is 15.3. The van der Waals surface area contributed by atoms with E-state index in [0.717, 1.165) is 4.47 Å². The first kappa shape index (κ1) is 20.5. The minimum atomic E-state index is -3.52. The highest BCUT2D eigenvalue weighted by Gasteiger charge is 2.28. The van der Waals surface area contributed by atoms with E-state index in [0.29, 0.717) is 54.5 Å². The molecule has 1 fully saturated rings. The Labute approximate surface area is 181 Å². The Kier molecular flexibility index (Phi) is 5.76. The highest BCUT2D eigenvalue weighted by Crippen LogP contribution is 2.21. The zero-order valence-corrected chi connectivity index (χ0v) is 18.5. The molecule has 1 aliphatic heterocycles. The lowest BCUT2D eigenvalue weighted by atomic mass is 10.2. The van der Waals surface area contributed by atoms with Gasteiger partial charge in [0.2, 0.25) is 10.0 Å². The van der Waals surface area contributed by atoms with Crippen molar-refractivity contribution in [3.8, 4) is 0 Å². The van der Waals surface area contributed by atoms with E-state index < -0.39 is 10.0 Å². The maximum Gasteiger partial charge on any atom is 0.258 e. The van der Waals surface area contributed by atoms with E-state index in [1.807, 2.05) is 0 Å². The minimum Gasteiger partial charge on any atom is -0.309 e. The van der Waals surface area contributed by atoms with E-state index in [-0.39, 0.29) is 10.5 Å². The van der Waals surface area contributed by atoms with Crippen LogP contribution in [0.3, 0.4) is 0 Å². The molecule has 0 saturated carbocycles. The van der Waals surface area contributed by atoms with Gasteiger partial charge >= 0.3 is 0 Å². The van der Waals surface area contributed by atoms with E-state index in [4.69, 9.17) is 11.6 Å². The maximum absolute atomic E-state index is 12.8. The van der Waals surface area contributed by atoms with Crippen LogP contribution in [0.1, 0.15) is 5.82 Å². The molecule has 0 atom stereocenters. The quantitative estimate of drug-likeness (QED) is 0.599. The molecule has 1 saturated heterocycles. The molecule has 0 spiro atoms. The molecule has 0 radical (unpaired) electrons. The van der Waals surface area contributed by atoms with Crippen molar-refractivity contribution in [2.45, 2.75) is 11.4 Å². The first-order valence-corrected chi connectivity index (χ1v) is 11.6. The van der Waals surface area contributed by atoms with Crippen molar-refractivity contribution in [3.63, 3.8) is 0 Å². The van der Waals surface area contributed by atoms with E-state index in [1.54, 1.807) is 42.5 Å². The fraction of sp³-hybridized carbons (Fsp3) is 0.263. The monoisotopic (exact) mass is 496 g/mol. The molecule has 1 aromatic heterocycles. The molecule has 7 nitrogen and oxygen atoms in total. The van der Waals surface area contributed by atoms with Crippen LogP contribution >= 0.6 is 27.5 Å². The Bertz CT molecular complexity index is 1210. The second-order valence-electron chi connectivity index (χ2n) is 6.81. The Morgan fingerprint density at radius 1 is 1.07 bits per heavy atom. The first-order valence-electron chi connectivity index (χ1n) is 8.99. The van der Waals surface area contributed by atoms with Gasteiger partial charge in [0.15, 0.2) is 0 Å². The molecule has 1 N–H and O–H groups in total. The van der Waals surface area contributed by atoms with Gasteiger partial charge in [0, 0.05) is 35.7 Å². The van der Waals surface area contributed by atoms with Crippen LogP contribution in [0.15, 0.2) is 56.6 Å². The summed E-state index contributed by atoms with van der Waals surface area (Å²) >= 11 is 9.32. The summed E-state index contributed by atoms with van der Waals surface area (Å²) in [4.78, 5) is 21.9. The number of rotatable bonds is 4. The second kappa shape index (κ2) is 8.16. The Morgan fingerprint density at radius 3 is 2.45 bits per heavy atom. The summed E-state index contributed by atoms with van der Waals surface area (Å²) in [5, 5.41) is 1.01. The molecule has 29 heavy (non-hydrogen) atoms. The van der Waals surface area contributed by atoms with Gasteiger partial charge in [0.05, 0.1) is 22.3 Å². The first-order chi connectivity index (χ1) is 13.8. The molecular formula is C19H18BrClN4O3S. The van der Waals surface area contributed by atoms with Gasteiger partial charge in [0.1, 0.15) is 5.82 Å². The molecule has 4 rings (SSSR count). The molecular weight excluding hydrogens is 480 g/mol. The highest BCUT2D eigenvalue weighted by molar-refractivity contribution is 9.10. The fourth-order valence-corrected chi connectivity index (χ4v) is 5.18. The van der Waals surface area contributed by atoms with Gasteiger partial charge in [-0.2, -0.15) is 4.31 Å². The van der Waals surface area contributed by atoms with Crippen molar-refractivity contribution < 1.29 is 8.42 Å². The summed E-state index contributed by atoms with van der Waals surface area (Å²) < 4.78 is 27.9. The molecule has 1 aliphatic rings. The molecule has 2 aromatic carbocycles. The lowest BCUT2D eigenvalue weighted by Crippen LogP contribution is -2.48. The zero-order chi connectivity index (χ0) is 20.6. The van der Waals surface area contributed by atoms with Crippen molar-refractivity contribution >= 4 is 48.5 Å². The van der Waals surface area contributed by atoms with Crippen molar-refractivity contribution in [1.82, 2.24) is 19.2 Å². The number of nitrogens with one attached hydrogen (secondary N) is 1. The number of H-pyrrole nitrogens is 1. The number of halogens is 2. The normalized spacial score (nSPS) is 16.3. The third-order valence-corrected chi connectivity index (χ3v) is 7.55. The summed E-state index contributed by atoms with van der Waals surface area (Å²) in [6.07, 6.45) is 0. The molecule has 2 heterocycles. The summed E-state index contributed by atoms with van der Waals surface area (Å²) in [6, 6.07) is 11.6. The van der Waals surface area contributed by atoms with Crippen LogP contribution in [0.4, 0.5) is 0 Å². The summed E-state index contributed by atoms with van der Waals surface area (Å²) in [6.45, 7) is 2.29. The van der Waals surface area contributed by atoms with Crippen molar-refractivity contribution in [3.05, 3.63) is 68.1 Å². The van der Waals surface area contributed by atoms with E-state index >= 15 is 0 Å². The second-order valence-corrected chi connectivity index (χ2v) is 10.1. The predicted molar refractivity (Wildman–Crippen MR) is 116 cm³/mol. The molecule has 0 bridgehead atoms. The van der Waals surface area contributed by atoms with Gasteiger partial charge in [0.25, 0.3) is 5.56 Å². The summed E-state index contributed by atoms with van der Waals surface area (Å²) in [7, 11) is -3.52. The van der Waals surface area contributed by atoms with Crippen LogP contribution in [-0.2, 0) is 16.6 Å². The predicted octanol–water partition coefficient (Wildman–Crippen LogP) is 2.85. The van der Waals surface area contributed by atoms with E-state index in [2.05, 4.69) is 30.8 Å². The van der Waals surface area contributed by atoms with Crippen molar-refractivity contribution in [2.24, 2.45) is 0 Å². The number of benzene rings is 2. The topological polar surface area (TPSA) is 86.4 Å². The summed E-state index contributed by atoms with van der Waals surface area (Å²) in [5.74, 6) is 0.536. The van der Waals surface area contributed by atoms with E-state index in [9.17, 15) is 13.2 Å². The van der Waals surface area contributed by atoms with Gasteiger partial charge in [-0.15, -0.1) is 0 Å². The average Bonchev–Trinajstić information content (AvgIpc) is 2.68. The van der Waals surface area contributed by atoms with E-state index in [1.165, 1.54) is 4.31 Å². The number of fused-ring (bicyclic) bond motifs is 1. The SMILES string of the molecule is O=c1[nH]c(CN2CCN(S(=O)(=O)c3ccc(Br)cc3)CC2)nc2cc(Cl)ccc12. The third kappa shape index (κ3) is 4.39. The van der Waals surface area contributed by atoms with Crippen LogP contribution < -0.4 is 5.56 Å². The average molecular weight is 498 g/mol. The molecule has 152 valence electrons. The minimum absolute atomic E-state index is 0.210. The van der Waals surface area contributed by atoms with Crippen LogP contribution in [0, 0.1) is 0 Å². The van der Waals surface area contributed by atoms with Gasteiger partial charge in [-0.1, -0.05) is 27.5 Å². The van der Waals surface area contributed by atoms with Crippen molar-refractivity contribution in [2.75, 3.05) is 26.2 Å². The number of aromatic amines is 1. The number of aromatic nitrogens is 2. The van der Waals surface area contributed by atoms with Gasteiger partial charge in [-0.05, 0) is 42.5 Å². The maximum atomic E-state index is 12.8.